The maximum Gasteiger partial charge on any atom is 0.348 e. The molecule has 2 aromatic carbocycles. The number of halogens is 1. The van der Waals surface area contributed by atoms with Crippen LogP contribution in [0.15, 0.2) is 47.3 Å². The number of hydrogen-bond donors (Lipinski definition) is 1. The molecule has 32 heavy (non-hydrogen) atoms. The van der Waals surface area contributed by atoms with E-state index < -0.39 is 11.5 Å². The molecule has 0 saturated carbocycles. The van der Waals surface area contributed by atoms with Gasteiger partial charge in [0.15, 0.2) is 0 Å². The fraction of sp³-hybridized carbons (Fsp3) is 0.375. The van der Waals surface area contributed by atoms with E-state index >= 15 is 4.39 Å². The Morgan fingerprint density at radius 3 is 2.59 bits per heavy atom. The summed E-state index contributed by atoms with van der Waals surface area (Å²) in [6, 6.07) is 12.1. The summed E-state index contributed by atoms with van der Waals surface area (Å²) in [6.45, 7) is 5.09. The molecule has 1 amide bonds. The van der Waals surface area contributed by atoms with Gasteiger partial charge in [-0.1, -0.05) is 32.0 Å². The highest BCUT2D eigenvalue weighted by molar-refractivity contribution is 5.78. The predicted molar refractivity (Wildman–Crippen MR) is 119 cm³/mol. The van der Waals surface area contributed by atoms with E-state index in [0.29, 0.717) is 30.9 Å². The topological polar surface area (TPSA) is 80.2 Å². The number of methoxy groups -OCH3 is 1. The molecule has 1 aliphatic heterocycles. The number of likely N-dealkylation sites (tertiary alicyclic amines) is 1. The Bertz CT molecular complexity index is 1170. The number of benzene rings is 2. The highest BCUT2D eigenvalue weighted by Crippen LogP contribution is 2.27. The standard InChI is InChI=1S/C24H27FN4O3/c1-15(2)23(30)28-11-10-16(14-28)12-22-26-27-24(31)29(22)21-9-6-18(13-20(21)25)17-4-7-19(32-3)8-5-17/h4-9,13,15-16H,10-12,14H2,1-3H3,(H,27,31)/t16-/m0/s1. The summed E-state index contributed by atoms with van der Waals surface area (Å²) >= 11 is 0. The molecular weight excluding hydrogens is 411 g/mol. The normalized spacial score (nSPS) is 16.0. The second-order valence-corrected chi connectivity index (χ2v) is 8.47. The fourth-order valence-electron chi connectivity index (χ4n) is 4.19. The first-order valence-corrected chi connectivity index (χ1v) is 10.8. The quantitative estimate of drug-likeness (QED) is 0.640. The molecule has 1 N–H and O–H groups in total. The van der Waals surface area contributed by atoms with E-state index in [1.807, 2.05) is 43.0 Å². The molecule has 1 saturated heterocycles. The van der Waals surface area contributed by atoms with Crippen molar-refractivity contribution in [3.05, 3.63) is 64.6 Å². The number of nitrogens with one attached hydrogen (secondary N) is 1. The maximum atomic E-state index is 15.1. The zero-order valence-electron chi connectivity index (χ0n) is 18.5. The van der Waals surface area contributed by atoms with Crippen molar-refractivity contribution in [3.63, 3.8) is 0 Å². The fourth-order valence-corrected chi connectivity index (χ4v) is 4.19. The second kappa shape index (κ2) is 8.98. The van der Waals surface area contributed by atoms with Crippen LogP contribution >= 0.6 is 0 Å². The summed E-state index contributed by atoms with van der Waals surface area (Å²) in [5.74, 6) is 0.943. The Morgan fingerprint density at radius 2 is 1.94 bits per heavy atom. The first-order chi connectivity index (χ1) is 15.4. The average Bonchev–Trinajstić information content (AvgIpc) is 3.40. The summed E-state index contributed by atoms with van der Waals surface area (Å²) in [7, 11) is 1.59. The summed E-state index contributed by atoms with van der Waals surface area (Å²) in [5, 5.41) is 6.59. The van der Waals surface area contributed by atoms with Crippen LogP contribution in [0.5, 0.6) is 5.75 Å². The molecule has 168 valence electrons. The number of H-pyrrole nitrogens is 1. The van der Waals surface area contributed by atoms with Crippen molar-refractivity contribution in [1.82, 2.24) is 19.7 Å². The van der Waals surface area contributed by atoms with Crippen LogP contribution < -0.4 is 10.4 Å². The lowest BCUT2D eigenvalue weighted by molar-refractivity contribution is -0.133. The minimum atomic E-state index is -0.508. The monoisotopic (exact) mass is 438 g/mol. The molecule has 8 heteroatoms. The van der Waals surface area contributed by atoms with Crippen molar-refractivity contribution >= 4 is 5.91 Å². The Labute approximate surface area is 185 Å². The van der Waals surface area contributed by atoms with Crippen LogP contribution in [0, 0.1) is 17.7 Å². The highest BCUT2D eigenvalue weighted by atomic mass is 19.1. The lowest BCUT2D eigenvalue weighted by Gasteiger charge is -2.18. The summed E-state index contributed by atoms with van der Waals surface area (Å²) in [4.78, 5) is 26.6. The van der Waals surface area contributed by atoms with Gasteiger partial charge in [0.05, 0.1) is 12.8 Å². The van der Waals surface area contributed by atoms with Crippen LogP contribution in [0.2, 0.25) is 0 Å². The van der Waals surface area contributed by atoms with Crippen molar-refractivity contribution in [2.45, 2.75) is 26.7 Å². The number of carbonyl (C=O) groups is 1. The molecule has 2 heterocycles. The largest absolute Gasteiger partial charge is 0.497 e. The van der Waals surface area contributed by atoms with Gasteiger partial charge in [0.1, 0.15) is 17.4 Å². The molecule has 1 aliphatic rings. The van der Waals surface area contributed by atoms with Crippen LogP contribution in [0.1, 0.15) is 26.1 Å². The van der Waals surface area contributed by atoms with Crippen molar-refractivity contribution in [2.75, 3.05) is 20.2 Å². The Kier molecular flexibility index (Phi) is 6.12. The molecular formula is C24H27FN4O3. The van der Waals surface area contributed by atoms with Crippen LogP contribution in [0.25, 0.3) is 16.8 Å². The summed E-state index contributed by atoms with van der Waals surface area (Å²) < 4.78 is 21.6. The predicted octanol–water partition coefficient (Wildman–Crippen LogP) is 3.42. The second-order valence-electron chi connectivity index (χ2n) is 8.47. The molecule has 0 radical (unpaired) electrons. The van der Waals surface area contributed by atoms with Crippen LogP contribution in [0.4, 0.5) is 4.39 Å². The van der Waals surface area contributed by atoms with Crippen LogP contribution in [0.3, 0.4) is 0 Å². The molecule has 0 unspecified atom stereocenters. The molecule has 4 rings (SSSR count). The van der Waals surface area contributed by atoms with Gasteiger partial charge in [-0.05, 0) is 47.7 Å². The Balaban J connectivity index is 1.56. The first-order valence-electron chi connectivity index (χ1n) is 10.8. The molecule has 1 fully saturated rings. The van der Waals surface area contributed by atoms with Crippen LogP contribution in [-0.4, -0.2) is 45.8 Å². The van der Waals surface area contributed by atoms with Gasteiger partial charge in [-0.15, -0.1) is 0 Å². The van der Waals surface area contributed by atoms with Crippen LogP contribution in [-0.2, 0) is 11.2 Å². The van der Waals surface area contributed by atoms with Gasteiger partial charge in [0.25, 0.3) is 0 Å². The number of hydrogen-bond acceptors (Lipinski definition) is 4. The molecule has 3 aromatic rings. The maximum absolute atomic E-state index is 15.1. The minimum Gasteiger partial charge on any atom is -0.497 e. The van der Waals surface area contributed by atoms with Crippen molar-refractivity contribution in [3.8, 4) is 22.6 Å². The van der Waals surface area contributed by atoms with E-state index in [9.17, 15) is 9.59 Å². The van der Waals surface area contributed by atoms with E-state index in [1.165, 1.54) is 10.6 Å². The molecule has 0 spiro atoms. The van der Waals surface area contributed by atoms with Gasteiger partial charge in [0.2, 0.25) is 5.91 Å². The lowest BCUT2D eigenvalue weighted by Crippen LogP contribution is -2.32. The molecule has 0 aliphatic carbocycles. The number of nitrogens with zero attached hydrogens (tertiary/aromatic N) is 3. The third-order valence-corrected chi connectivity index (χ3v) is 5.92. The number of amides is 1. The average molecular weight is 439 g/mol. The lowest BCUT2D eigenvalue weighted by atomic mass is 10.0. The van der Waals surface area contributed by atoms with Crippen molar-refractivity contribution < 1.29 is 13.9 Å². The Morgan fingerprint density at radius 1 is 1.22 bits per heavy atom. The smallest absolute Gasteiger partial charge is 0.348 e. The van der Waals surface area contributed by atoms with E-state index in [-0.39, 0.29) is 23.4 Å². The number of aromatic nitrogens is 3. The molecule has 1 aromatic heterocycles. The zero-order valence-corrected chi connectivity index (χ0v) is 18.5. The van der Waals surface area contributed by atoms with Gasteiger partial charge >= 0.3 is 5.69 Å². The molecule has 7 nitrogen and oxygen atoms in total. The van der Waals surface area contributed by atoms with E-state index in [0.717, 1.165) is 17.7 Å². The van der Waals surface area contributed by atoms with E-state index in [4.69, 9.17) is 4.74 Å². The third kappa shape index (κ3) is 4.30. The van der Waals surface area contributed by atoms with Crippen molar-refractivity contribution in [1.29, 1.82) is 0 Å². The summed E-state index contributed by atoms with van der Waals surface area (Å²) in [6.07, 6.45) is 1.32. The number of rotatable bonds is 6. The van der Waals surface area contributed by atoms with Gasteiger partial charge in [-0.25, -0.2) is 18.9 Å². The molecule has 1 atom stereocenters. The number of ether oxygens (including phenoxy) is 1. The first kappa shape index (κ1) is 21.8. The van der Waals surface area contributed by atoms with E-state index in [2.05, 4.69) is 10.2 Å². The van der Waals surface area contributed by atoms with Crippen molar-refractivity contribution in [2.24, 2.45) is 11.8 Å². The molecule has 0 bridgehead atoms. The van der Waals surface area contributed by atoms with Gasteiger partial charge in [-0.3, -0.25) is 4.79 Å². The Hall–Kier alpha value is -3.42. The number of aromatic amines is 1. The zero-order chi connectivity index (χ0) is 22.8. The minimum absolute atomic E-state index is 0.0457. The van der Waals surface area contributed by atoms with E-state index in [1.54, 1.807) is 19.2 Å². The third-order valence-electron chi connectivity index (χ3n) is 5.92. The van der Waals surface area contributed by atoms with Gasteiger partial charge in [0, 0.05) is 25.4 Å². The summed E-state index contributed by atoms with van der Waals surface area (Å²) in [5.41, 5.74) is 1.22. The SMILES string of the molecule is COc1ccc(-c2ccc(-n3c(C[C@@H]4CCN(C(=O)C(C)C)C4)n[nH]c3=O)c(F)c2)cc1. The highest BCUT2D eigenvalue weighted by Gasteiger charge is 2.29. The van der Waals surface area contributed by atoms with Gasteiger partial charge in [-0.2, -0.15) is 5.10 Å². The van der Waals surface area contributed by atoms with Gasteiger partial charge < -0.3 is 9.64 Å². The number of carbonyl (C=O) groups excluding carboxylic acids is 1.